The van der Waals surface area contributed by atoms with E-state index in [-0.39, 0.29) is 11.5 Å². The minimum absolute atomic E-state index is 0.00853. The number of piperidine rings is 1. The van der Waals surface area contributed by atoms with E-state index in [4.69, 9.17) is 4.74 Å². The molecular formula is C22H26N4O2S. The van der Waals surface area contributed by atoms with Crippen LogP contribution in [0, 0.1) is 6.92 Å². The molecule has 1 saturated heterocycles. The topological polar surface area (TPSA) is 68.2 Å². The van der Waals surface area contributed by atoms with Crippen molar-refractivity contribution in [1.29, 1.82) is 0 Å². The molecule has 152 valence electrons. The molecule has 0 atom stereocenters. The summed E-state index contributed by atoms with van der Waals surface area (Å²) in [5.74, 6) is 0.977. The van der Waals surface area contributed by atoms with E-state index in [0.717, 1.165) is 66.3 Å². The van der Waals surface area contributed by atoms with Gasteiger partial charge in [-0.25, -0.2) is 4.98 Å². The highest BCUT2D eigenvalue weighted by molar-refractivity contribution is 7.14. The largest absolute Gasteiger partial charge is 0.370 e. The van der Waals surface area contributed by atoms with Gasteiger partial charge in [0, 0.05) is 24.9 Å². The normalized spacial score (nSPS) is 18.1. The highest BCUT2D eigenvalue weighted by Gasteiger charge is 2.40. The van der Waals surface area contributed by atoms with E-state index < -0.39 is 0 Å². The number of benzene rings is 1. The van der Waals surface area contributed by atoms with Crippen molar-refractivity contribution in [2.24, 2.45) is 7.05 Å². The number of hydrogen-bond acceptors (Lipinski definition) is 5. The van der Waals surface area contributed by atoms with Crippen LogP contribution in [0.25, 0.3) is 11.0 Å². The third-order valence-electron chi connectivity index (χ3n) is 6.26. The molecule has 0 aliphatic carbocycles. The van der Waals surface area contributed by atoms with Crippen molar-refractivity contribution in [2.75, 3.05) is 19.7 Å². The Hall–Kier alpha value is -2.22. The fraction of sp³-hybridized carbons (Fsp3) is 0.455. The highest BCUT2D eigenvalue weighted by Crippen LogP contribution is 2.43. The third kappa shape index (κ3) is 3.27. The fourth-order valence-corrected chi connectivity index (χ4v) is 5.67. The Morgan fingerprint density at radius 1 is 1.34 bits per heavy atom. The van der Waals surface area contributed by atoms with Gasteiger partial charge in [-0.15, -0.1) is 11.3 Å². The van der Waals surface area contributed by atoms with Crippen LogP contribution < -0.4 is 10.6 Å². The summed E-state index contributed by atoms with van der Waals surface area (Å²) < 4.78 is 8.31. The molecule has 29 heavy (non-hydrogen) atoms. The number of nitrogens with one attached hydrogen (secondary N) is 2. The monoisotopic (exact) mass is 410 g/mol. The zero-order chi connectivity index (χ0) is 20.0. The van der Waals surface area contributed by atoms with E-state index >= 15 is 0 Å². The van der Waals surface area contributed by atoms with Crippen LogP contribution >= 0.6 is 11.3 Å². The Bertz CT molecular complexity index is 1080. The number of fused-ring (bicyclic) bond motifs is 3. The van der Waals surface area contributed by atoms with E-state index in [1.54, 1.807) is 11.3 Å². The number of aromatic nitrogens is 2. The van der Waals surface area contributed by atoms with E-state index in [0.29, 0.717) is 6.54 Å². The Morgan fingerprint density at radius 3 is 3.00 bits per heavy atom. The second-order valence-electron chi connectivity index (χ2n) is 8.01. The predicted molar refractivity (Wildman–Crippen MR) is 114 cm³/mol. The molecule has 2 aliphatic rings. The molecule has 2 N–H and O–H groups in total. The standard InChI is InChI=1S/C22H26N4O2S/c1-14-25-17-11-15(3-4-18(17)26(14)2)13-24-21(27)20-12-16-19(29-20)5-10-28-22(16)6-8-23-9-7-22/h3-4,11-12,23H,5-10,13H2,1-2H3,(H,24,27). The van der Waals surface area contributed by atoms with Gasteiger partial charge in [0.25, 0.3) is 5.91 Å². The highest BCUT2D eigenvalue weighted by atomic mass is 32.1. The maximum absolute atomic E-state index is 12.9. The minimum Gasteiger partial charge on any atom is -0.370 e. The average Bonchev–Trinajstić information content (AvgIpc) is 3.29. The molecule has 5 rings (SSSR count). The van der Waals surface area contributed by atoms with Crippen LogP contribution in [0.3, 0.4) is 0 Å². The van der Waals surface area contributed by atoms with Gasteiger partial charge < -0.3 is 19.9 Å². The summed E-state index contributed by atoms with van der Waals surface area (Å²) in [6.07, 6.45) is 2.85. The van der Waals surface area contributed by atoms with Crippen molar-refractivity contribution < 1.29 is 9.53 Å². The molecule has 7 heteroatoms. The van der Waals surface area contributed by atoms with Gasteiger partial charge in [0.1, 0.15) is 5.82 Å². The number of imidazole rings is 1. The van der Waals surface area contributed by atoms with Crippen LogP contribution in [-0.2, 0) is 30.4 Å². The van der Waals surface area contributed by atoms with Gasteiger partial charge in [-0.2, -0.15) is 0 Å². The minimum atomic E-state index is -0.199. The van der Waals surface area contributed by atoms with Crippen LogP contribution in [0.5, 0.6) is 0 Å². The van der Waals surface area contributed by atoms with Crippen molar-refractivity contribution in [2.45, 2.75) is 38.3 Å². The lowest BCUT2D eigenvalue weighted by atomic mass is 9.83. The number of carbonyl (C=O) groups excluding carboxylic acids is 1. The molecule has 0 unspecified atom stereocenters. The van der Waals surface area contributed by atoms with Gasteiger partial charge in [0.15, 0.2) is 0 Å². The summed E-state index contributed by atoms with van der Waals surface area (Å²) in [4.78, 5) is 19.5. The number of amides is 1. The summed E-state index contributed by atoms with van der Waals surface area (Å²) >= 11 is 1.63. The summed E-state index contributed by atoms with van der Waals surface area (Å²) in [7, 11) is 2.02. The second-order valence-corrected chi connectivity index (χ2v) is 9.15. The van der Waals surface area contributed by atoms with Gasteiger partial charge >= 0.3 is 0 Å². The number of carbonyl (C=O) groups is 1. The lowest BCUT2D eigenvalue weighted by Gasteiger charge is -2.40. The molecule has 0 radical (unpaired) electrons. The van der Waals surface area contributed by atoms with Crippen molar-refractivity contribution in [3.8, 4) is 0 Å². The Labute approximate surface area is 174 Å². The number of hydrogen-bond donors (Lipinski definition) is 2. The molecule has 2 aromatic heterocycles. The number of thiophene rings is 1. The Kier molecular flexibility index (Phi) is 4.69. The van der Waals surface area contributed by atoms with E-state index in [9.17, 15) is 4.79 Å². The van der Waals surface area contributed by atoms with Gasteiger partial charge in [-0.1, -0.05) is 6.07 Å². The molecule has 2 aliphatic heterocycles. The smallest absolute Gasteiger partial charge is 0.261 e. The van der Waals surface area contributed by atoms with Crippen molar-refractivity contribution in [3.05, 3.63) is 51.0 Å². The van der Waals surface area contributed by atoms with Gasteiger partial charge in [0.2, 0.25) is 0 Å². The summed E-state index contributed by atoms with van der Waals surface area (Å²) in [5.41, 5.74) is 4.17. The van der Waals surface area contributed by atoms with Gasteiger partial charge in [0.05, 0.1) is 28.1 Å². The number of aryl methyl sites for hydroxylation is 2. The molecular weight excluding hydrogens is 384 g/mol. The quantitative estimate of drug-likeness (QED) is 0.697. The molecule has 0 saturated carbocycles. The SMILES string of the molecule is Cc1nc2cc(CNC(=O)c3cc4c(s3)CCOC43CCNCC3)ccc2n1C. The number of nitrogens with zero attached hydrogens (tertiary/aromatic N) is 2. The zero-order valence-corrected chi connectivity index (χ0v) is 17.7. The van der Waals surface area contributed by atoms with Crippen LogP contribution in [-0.4, -0.2) is 35.2 Å². The first-order valence-corrected chi connectivity index (χ1v) is 11.1. The van der Waals surface area contributed by atoms with Crippen LogP contribution in [0.1, 0.15) is 44.3 Å². The van der Waals surface area contributed by atoms with Crippen molar-refractivity contribution in [3.63, 3.8) is 0 Å². The summed E-state index contributed by atoms with van der Waals surface area (Å²) in [6, 6.07) is 8.25. The van der Waals surface area contributed by atoms with Crippen LogP contribution in [0.4, 0.5) is 0 Å². The van der Waals surface area contributed by atoms with Crippen LogP contribution in [0.2, 0.25) is 0 Å². The molecule has 3 aromatic rings. The molecule has 1 fully saturated rings. The molecule has 1 amide bonds. The fourth-order valence-electron chi connectivity index (χ4n) is 4.52. The average molecular weight is 411 g/mol. The lowest BCUT2D eigenvalue weighted by Crippen LogP contribution is -2.44. The number of rotatable bonds is 3. The molecule has 4 heterocycles. The number of ether oxygens (including phenoxy) is 1. The first kappa shape index (κ1) is 18.8. The molecule has 6 nitrogen and oxygen atoms in total. The molecule has 0 bridgehead atoms. The van der Waals surface area contributed by atoms with Crippen LogP contribution in [0.15, 0.2) is 24.3 Å². The second kappa shape index (κ2) is 7.23. The predicted octanol–water partition coefficient (Wildman–Crippen LogP) is 3.02. The first-order valence-electron chi connectivity index (χ1n) is 10.2. The first-order chi connectivity index (χ1) is 14.1. The van der Waals surface area contributed by atoms with E-state index in [1.165, 1.54) is 10.4 Å². The van der Waals surface area contributed by atoms with E-state index in [2.05, 4.69) is 44.5 Å². The lowest BCUT2D eigenvalue weighted by molar-refractivity contribution is -0.0792. The zero-order valence-electron chi connectivity index (χ0n) is 16.9. The summed E-state index contributed by atoms with van der Waals surface area (Å²) in [5, 5.41) is 6.50. The van der Waals surface area contributed by atoms with Gasteiger partial charge in [-0.05, 0) is 62.2 Å². The maximum Gasteiger partial charge on any atom is 0.261 e. The van der Waals surface area contributed by atoms with E-state index in [1.807, 2.05) is 14.0 Å². The van der Waals surface area contributed by atoms with Crippen molar-refractivity contribution in [1.82, 2.24) is 20.2 Å². The summed E-state index contributed by atoms with van der Waals surface area (Å²) in [6.45, 7) is 5.17. The van der Waals surface area contributed by atoms with Gasteiger partial charge in [-0.3, -0.25) is 4.79 Å². The van der Waals surface area contributed by atoms with Crippen molar-refractivity contribution >= 4 is 28.3 Å². The molecule has 1 aromatic carbocycles. The Morgan fingerprint density at radius 2 is 2.17 bits per heavy atom. The third-order valence-corrected chi connectivity index (χ3v) is 7.46. The maximum atomic E-state index is 12.9. The molecule has 1 spiro atoms. The Balaban J connectivity index is 1.33.